The summed E-state index contributed by atoms with van der Waals surface area (Å²) in [6, 6.07) is 14.0. The lowest BCUT2D eigenvalue weighted by Crippen LogP contribution is -2.43. The Hall–Kier alpha value is -4.24. The number of hydrogen-bond acceptors (Lipinski definition) is 7. The largest absolute Gasteiger partial charge is 0.477 e. The molecule has 42 heavy (non-hydrogen) atoms. The average Bonchev–Trinajstić information content (AvgIpc) is 3.60. The van der Waals surface area contributed by atoms with Gasteiger partial charge in [-0.1, -0.05) is 36.4 Å². The molecular formula is C33H31F2N5O2. The average molecular weight is 568 g/mol. The summed E-state index contributed by atoms with van der Waals surface area (Å²) in [5.74, 6) is -0.890. The molecule has 0 amide bonds. The molecule has 0 aliphatic carbocycles. The summed E-state index contributed by atoms with van der Waals surface area (Å²) in [6.45, 7) is 2.93. The van der Waals surface area contributed by atoms with Gasteiger partial charge < -0.3 is 9.47 Å². The van der Waals surface area contributed by atoms with E-state index in [0.29, 0.717) is 41.4 Å². The zero-order valence-corrected chi connectivity index (χ0v) is 23.2. The summed E-state index contributed by atoms with van der Waals surface area (Å²) >= 11 is 0. The number of nitrogens with zero attached hydrogens (tertiary/aromatic N) is 5. The second kappa shape index (κ2) is 11.2. The fourth-order valence-corrected chi connectivity index (χ4v) is 6.52. The van der Waals surface area contributed by atoms with Gasteiger partial charge >= 0.3 is 6.01 Å². The Labute approximate surface area is 242 Å². The Balaban J connectivity index is 1.24. The van der Waals surface area contributed by atoms with E-state index >= 15 is 4.39 Å². The quantitative estimate of drug-likeness (QED) is 0.187. The monoisotopic (exact) mass is 567 g/mol. The third-order valence-corrected chi connectivity index (χ3v) is 8.59. The number of fused-ring (bicyclic) bond motifs is 3. The number of aryl methyl sites for hydroxylation is 1. The molecule has 2 saturated heterocycles. The summed E-state index contributed by atoms with van der Waals surface area (Å²) in [7, 11) is 0. The number of halogens is 2. The molecule has 0 saturated carbocycles. The number of ether oxygens (including phenoxy) is 2. The highest BCUT2D eigenvalue weighted by Gasteiger charge is 2.45. The minimum Gasteiger partial charge on any atom is -0.477 e. The van der Waals surface area contributed by atoms with Crippen LogP contribution in [-0.4, -0.2) is 56.7 Å². The van der Waals surface area contributed by atoms with Crippen LogP contribution in [0.3, 0.4) is 0 Å². The molecule has 2 aliphatic heterocycles. The van der Waals surface area contributed by atoms with E-state index in [4.69, 9.17) is 9.47 Å². The van der Waals surface area contributed by atoms with Crippen LogP contribution in [0.4, 0.5) is 8.78 Å². The van der Waals surface area contributed by atoms with Crippen molar-refractivity contribution in [1.82, 2.24) is 24.8 Å². The van der Waals surface area contributed by atoms with E-state index in [1.54, 1.807) is 36.5 Å². The van der Waals surface area contributed by atoms with Crippen molar-refractivity contribution in [2.24, 2.45) is 0 Å². The van der Waals surface area contributed by atoms with E-state index in [9.17, 15) is 4.39 Å². The second-order valence-corrected chi connectivity index (χ2v) is 11.2. The molecule has 7 rings (SSSR count). The van der Waals surface area contributed by atoms with Crippen molar-refractivity contribution in [3.63, 3.8) is 0 Å². The van der Waals surface area contributed by atoms with Crippen molar-refractivity contribution in [2.75, 3.05) is 26.3 Å². The first-order chi connectivity index (χ1) is 20.6. The number of hydrogen-bond donors (Lipinski definition) is 0. The molecule has 0 spiro atoms. The van der Waals surface area contributed by atoms with Gasteiger partial charge in [0.25, 0.3) is 0 Å². The van der Waals surface area contributed by atoms with Crippen molar-refractivity contribution in [3.05, 3.63) is 84.3 Å². The minimum atomic E-state index is -0.669. The molecular weight excluding hydrogens is 536 g/mol. The third-order valence-electron chi connectivity index (χ3n) is 8.59. The molecule has 2 aliphatic rings. The fourth-order valence-electron chi connectivity index (χ4n) is 6.52. The zero-order chi connectivity index (χ0) is 28.5. The minimum absolute atomic E-state index is 0.0155. The Morgan fingerprint density at radius 1 is 0.905 bits per heavy atom. The molecule has 7 nitrogen and oxygen atoms in total. The van der Waals surface area contributed by atoms with Gasteiger partial charge in [0.1, 0.15) is 23.6 Å². The van der Waals surface area contributed by atoms with Crippen molar-refractivity contribution >= 4 is 21.7 Å². The first-order valence-electron chi connectivity index (χ1n) is 14.5. The molecule has 214 valence electrons. The lowest BCUT2D eigenvalue weighted by atomic mass is 9.95. The van der Waals surface area contributed by atoms with Crippen molar-refractivity contribution < 1.29 is 18.3 Å². The number of pyridine rings is 2. The molecule has 2 aromatic carbocycles. The van der Waals surface area contributed by atoms with Gasteiger partial charge in [0.15, 0.2) is 5.82 Å². The number of benzene rings is 2. The van der Waals surface area contributed by atoms with Crippen LogP contribution in [0.25, 0.3) is 32.9 Å². The number of rotatable bonds is 9. The van der Waals surface area contributed by atoms with Crippen LogP contribution in [0.2, 0.25) is 0 Å². The van der Waals surface area contributed by atoms with Crippen LogP contribution in [0, 0.1) is 11.6 Å². The van der Waals surface area contributed by atoms with Crippen LogP contribution in [0.15, 0.2) is 67.1 Å². The smallest absolute Gasteiger partial charge is 0.320 e. The van der Waals surface area contributed by atoms with Gasteiger partial charge in [0, 0.05) is 29.5 Å². The highest BCUT2D eigenvalue weighted by Crippen LogP contribution is 2.40. The van der Waals surface area contributed by atoms with Crippen molar-refractivity contribution in [3.8, 4) is 23.1 Å². The van der Waals surface area contributed by atoms with Crippen molar-refractivity contribution in [2.45, 2.75) is 44.1 Å². The highest BCUT2D eigenvalue weighted by molar-refractivity contribution is 5.98. The Morgan fingerprint density at radius 2 is 1.74 bits per heavy atom. The molecule has 5 aromatic rings. The predicted octanol–water partition coefficient (Wildman–Crippen LogP) is 6.54. The van der Waals surface area contributed by atoms with E-state index in [-0.39, 0.29) is 28.6 Å². The molecule has 0 N–H and O–H groups in total. The van der Waals surface area contributed by atoms with Gasteiger partial charge in [-0.15, -0.1) is 0 Å². The summed E-state index contributed by atoms with van der Waals surface area (Å²) in [6.07, 6.45) is 11.0. The Kier molecular flexibility index (Phi) is 7.11. The van der Waals surface area contributed by atoms with Gasteiger partial charge in [-0.2, -0.15) is 9.97 Å². The lowest BCUT2D eigenvalue weighted by molar-refractivity contribution is 0.107. The van der Waals surface area contributed by atoms with Crippen LogP contribution >= 0.6 is 0 Å². The summed E-state index contributed by atoms with van der Waals surface area (Å²) in [4.78, 5) is 20.2. The topological polar surface area (TPSA) is 73.3 Å². The van der Waals surface area contributed by atoms with E-state index in [1.165, 1.54) is 12.3 Å². The standard InChI is InChI=1S/C33H31F2N5O2/c34-26-12-2-10-23-9-1-11-24(27(23)26)29-28(35)30-25(20-37-29)31(41-18-4-8-22-7-3-15-36-19-22)39-32(38-30)42-21-33-13-5-16-40(33)17-6-14-33/h1-3,7,9-12,15,19-20H,4-6,8,13-14,16-18,21H2. The lowest BCUT2D eigenvalue weighted by Gasteiger charge is -2.31. The predicted molar refractivity (Wildman–Crippen MR) is 157 cm³/mol. The van der Waals surface area contributed by atoms with Gasteiger partial charge in [0.05, 0.1) is 17.5 Å². The normalized spacial score (nSPS) is 16.2. The molecule has 0 unspecified atom stereocenters. The van der Waals surface area contributed by atoms with Crippen LogP contribution in [0.5, 0.6) is 11.9 Å². The van der Waals surface area contributed by atoms with Crippen LogP contribution in [0.1, 0.15) is 37.7 Å². The molecule has 0 atom stereocenters. The molecule has 0 radical (unpaired) electrons. The van der Waals surface area contributed by atoms with E-state index in [2.05, 4.69) is 24.8 Å². The van der Waals surface area contributed by atoms with E-state index in [1.807, 2.05) is 18.3 Å². The Bertz CT molecular complexity index is 1730. The van der Waals surface area contributed by atoms with Gasteiger partial charge in [-0.05, 0) is 74.7 Å². The van der Waals surface area contributed by atoms with E-state index in [0.717, 1.165) is 50.8 Å². The van der Waals surface area contributed by atoms with E-state index < -0.39 is 11.6 Å². The van der Waals surface area contributed by atoms with Gasteiger partial charge in [-0.25, -0.2) is 8.78 Å². The van der Waals surface area contributed by atoms with Gasteiger partial charge in [-0.3, -0.25) is 14.9 Å². The number of aromatic nitrogens is 4. The summed E-state index contributed by atoms with van der Waals surface area (Å²) < 4.78 is 43.6. The van der Waals surface area contributed by atoms with Crippen LogP contribution < -0.4 is 9.47 Å². The van der Waals surface area contributed by atoms with Crippen LogP contribution in [-0.2, 0) is 6.42 Å². The van der Waals surface area contributed by atoms with Gasteiger partial charge in [0.2, 0.25) is 5.88 Å². The first kappa shape index (κ1) is 26.6. The third kappa shape index (κ3) is 4.91. The molecule has 3 aromatic heterocycles. The maximum absolute atomic E-state index is 16.3. The summed E-state index contributed by atoms with van der Waals surface area (Å²) in [5.41, 5.74) is 1.49. The Morgan fingerprint density at radius 3 is 2.55 bits per heavy atom. The fraction of sp³-hybridized carbons (Fsp3) is 0.333. The summed E-state index contributed by atoms with van der Waals surface area (Å²) in [5, 5.41) is 1.31. The molecule has 5 heterocycles. The molecule has 0 bridgehead atoms. The SMILES string of the molecule is Fc1c(-c2cccc3cccc(F)c23)ncc2c(OCCCc3cccnc3)nc(OCC34CCCN3CCC4)nc12. The maximum Gasteiger partial charge on any atom is 0.320 e. The molecule has 2 fully saturated rings. The molecule has 9 heteroatoms. The first-order valence-corrected chi connectivity index (χ1v) is 14.5. The highest BCUT2D eigenvalue weighted by atomic mass is 19.1. The zero-order valence-electron chi connectivity index (χ0n) is 23.2. The van der Waals surface area contributed by atoms with Crippen molar-refractivity contribution in [1.29, 1.82) is 0 Å². The second-order valence-electron chi connectivity index (χ2n) is 11.2. The maximum atomic E-state index is 16.3.